The molecule has 3 unspecified atom stereocenters. The van der Waals surface area contributed by atoms with Crippen LogP contribution in [0.5, 0.6) is 0 Å². The Kier molecular flexibility index (Phi) is 3.41. The number of hydrogen-bond donors (Lipinski definition) is 1. The fourth-order valence-electron chi connectivity index (χ4n) is 3.52. The van der Waals surface area contributed by atoms with Crippen LogP contribution in [-0.2, 0) is 4.79 Å². The fourth-order valence-corrected chi connectivity index (χ4v) is 3.52. The van der Waals surface area contributed by atoms with Gasteiger partial charge in [-0.2, -0.15) is 0 Å². The maximum absolute atomic E-state index is 10.9. The van der Waals surface area contributed by atoms with Crippen LogP contribution < -0.4 is 0 Å². The Labute approximate surface area is 103 Å². The summed E-state index contributed by atoms with van der Waals surface area (Å²) in [4.78, 5) is 10.9. The molecule has 0 aromatic rings. The van der Waals surface area contributed by atoms with Gasteiger partial charge in [0.25, 0.3) is 0 Å². The Morgan fingerprint density at radius 2 is 2.06 bits per heavy atom. The standard InChI is InChI=1S/C15H22O2/c1-9-4-6-12(8-11(3)15(16)17)14-10(2)5-7-13(9)14/h8-9,12-13H,4-7H2,1-3H3,(H,16,17). The molecule has 1 fully saturated rings. The number of carboxylic acid groups (broad SMARTS) is 1. The Balaban J connectivity index is 2.27. The number of carbonyl (C=O) groups is 1. The van der Waals surface area contributed by atoms with Gasteiger partial charge in [0, 0.05) is 5.57 Å². The van der Waals surface area contributed by atoms with Crippen molar-refractivity contribution in [2.24, 2.45) is 17.8 Å². The first-order chi connectivity index (χ1) is 8.00. The monoisotopic (exact) mass is 234 g/mol. The molecule has 2 heteroatoms. The first kappa shape index (κ1) is 12.4. The molecular weight excluding hydrogens is 212 g/mol. The first-order valence-electron chi connectivity index (χ1n) is 6.62. The van der Waals surface area contributed by atoms with Crippen molar-refractivity contribution in [2.45, 2.75) is 46.5 Å². The molecule has 0 spiro atoms. The summed E-state index contributed by atoms with van der Waals surface area (Å²) in [5.74, 6) is 1.09. The predicted octanol–water partition coefficient (Wildman–Crippen LogP) is 3.79. The van der Waals surface area contributed by atoms with Crippen LogP contribution >= 0.6 is 0 Å². The third kappa shape index (κ3) is 2.31. The molecule has 0 bridgehead atoms. The van der Waals surface area contributed by atoms with E-state index in [2.05, 4.69) is 13.8 Å². The molecule has 2 aliphatic rings. The lowest BCUT2D eigenvalue weighted by Crippen LogP contribution is -2.23. The van der Waals surface area contributed by atoms with E-state index in [1.165, 1.54) is 24.8 Å². The van der Waals surface area contributed by atoms with Gasteiger partial charge in [-0.1, -0.05) is 24.1 Å². The van der Waals surface area contributed by atoms with Gasteiger partial charge in [-0.15, -0.1) is 0 Å². The molecule has 2 aliphatic carbocycles. The quantitative estimate of drug-likeness (QED) is 0.583. The Bertz CT molecular complexity index is 390. The van der Waals surface area contributed by atoms with Crippen LogP contribution in [0.1, 0.15) is 46.5 Å². The summed E-state index contributed by atoms with van der Waals surface area (Å²) in [6.45, 7) is 6.28. The van der Waals surface area contributed by atoms with Gasteiger partial charge in [0.05, 0.1) is 0 Å². The molecule has 94 valence electrons. The minimum atomic E-state index is -0.781. The van der Waals surface area contributed by atoms with Gasteiger partial charge in [-0.25, -0.2) is 4.79 Å². The Hall–Kier alpha value is -1.05. The number of hydrogen-bond acceptors (Lipinski definition) is 1. The second kappa shape index (κ2) is 4.67. The SMILES string of the molecule is CC(=CC1CCC(C)C2CCC(C)=C12)C(=O)O. The summed E-state index contributed by atoms with van der Waals surface area (Å²) in [7, 11) is 0. The van der Waals surface area contributed by atoms with Crippen LogP contribution in [0.3, 0.4) is 0 Å². The van der Waals surface area contributed by atoms with Gasteiger partial charge in [0.1, 0.15) is 0 Å². The lowest BCUT2D eigenvalue weighted by molar-refractivity contribution is -0.132. The van der Waals surface area contributed by atoms with Crippen LogP contribution in [0, 0.1) is 17.8 Å². The zero-order valence-electron chi connectivity index (χ0n) is 11.0. The summed E-state index contributed by atoms with van der Waals surface area (Å²) in [5, 5.41) is 8.99. The third-order valence-electron chi connectivity index (χ3n) is 4.53. The van der Waals surface area contributed by atoms with E-state index in [1.54, 1.807) is 12.5 Å². The highest BCUT2D eigenvalue weighted by Gasteiger charge is 2.35. The van der Waals surface area contributed by atoms with Gasteiger partial charge >= 0.3 is 5.97 Å². The van der Waals surface area contributed by atoms with Crippen molar-refractivity contribution < 1.29 is 9.90 Å². The van der Waals surface area contributed by atoms with Gasteiger partial charge in [0.2, 0.25) is 0 Å². The fraction of sp³-hybridized carbons (Fsp3) is 0.667. The molecule has 0 aromatic heterocycles. The number of carboxylic acids is 1. The van der Waals surface area contributed by atoms with Crippen LogP contribution in [0.2, 0.25) is 0 Å². The van der Waals surface area contributed by atoms with E-state index >= 15 is 0 Å². The second-order valence-corrected chi connectivity index (χ2v) is 5.70. The van der Waals surface area contributed by atoms with Crippen LogP contribution in [0.4, 0.5) is 0 Å². The lowest BCUT2D eigenvalue weighted by atomic mass is 9.71. The summed E-state index contributed by atoms with van der Waals surface area (Å²) in [6, 6.07) is 0. The second-order valence-electron chi connectivity index (χ2n) is 5.70. The van der Waals surface area contributed by atoms with E-state index in [9.17, 15) is 4.79 Å². The van der Waals surface area contributed by atoms with Gasteiger partial charge in [-0.05, 0) is 57.3 Å². The van der Waals surface area contributed by atoms with E-state index in [1.807, 2.05) is 6.08 Å². The Morgan fingerprint density at radius 1 is 1.35 bits per heavy atom. The molecule has 2 rings (SSSR count). The van der Waals surface area contributed by atoms with E-state index in [-0.39, 0.29) is 0 Å². The van der Waals surface area contributed by atoms with Gasteiger partial charge < -0.3 is 5.11 Å². The van der Waals surface area contributed by atoms with E-state index < -0.39 is 5.97 Å². The van der Waals surface area contributed by atoms with E-state index in [4.69, 9.17) is 5.11 Å². The molecule has 0 aliphatic heterocycles. The van der Waals surface area contributed by atoms with Crippen molar-refractivity contribution in [1.29, 1.82) is 0 Å². The van der Waals surface area contributed by atoms with Crippen LogP contribution in [0.25, 0.3) is 0 Å². The van der Waals surface area contributed by atoms with Crippen molar-refractivity contribution >= 4 is 5.97 Å². The minimum Gasteiger partial charge on any atom is -0.478 e. The van der Waals surface area contributed by atoms with Crippen molar-refractivity contribution in [3.8, 4) is 0 Å². The van der Waals surface area contributed by atoms with Crippen molar-refractivity contribution in [2.75, 3.05) is 0 Å². The number of aliphatic carboxylic acids is 1. The van der Waals surface area contributed by atoms with Crippen molar-refractivity contribution in [3.63, 3.8) is 0 Å². The first-order valence-corrected chi connectivity index (χ1v) is 6.62. The molecule has 0 aromatic carbocycles. The average Bonchev–Trinajstić information content (AvgIpc) is 2.66. The van der Waals surface area contributed by atoms with Crippen molar-refractivity contribution in [1.82, 2.24) is 0 Å². The third-order valence-corrected chi connectivity index (χ3v) is 4.53. The summed E-state index contributed by atoms with van der Waals surface area (Å²) < 4.78 is 0. The number of allylic oxidation sites excluding steroid dienone is 3. The van der Waals surface area contributed by atoms with Crippen LogP contribution in [0.15, 0.2) is 22.8 Å². The maximum atomic E-state index is 10.9. The van der Waals surface area contributed by atoms with Crippen LogP contribution in [-0.4, -0.2) is 11.1 Å². The highest BCUT2D eigenvalue weighted by Crippen LogP contribution is 2.48. The molecule has 0 radical (unpaired) electrons. The van der Waals surface area contributed by atoms with E-state index in [0.29, 0.717) is 17.4 Å². The summed E-state index contributed by atoms with van der Waals surface area (Å²) in [5.41, 5.74) is 3.57. The molecule has 0 amide bonds. The van der Waals surface area contributed by atoms with Gasteiger partial charge in [-0.3, -0.25) is 0 Å². The molecule has 1 N–H and O–H groups in total. The lowest BCUT2D eigenvalue weighted by Gasteiger charge is -2.34. The zero-order valence-corrected chi connectivity index (χ0v) is 11.0. The number of fused-ring (bicyclic) bond motifs is 1. The minimum absolute atomic E-state index is 0.384. The molecule has 17 heavy (non-hydrogen) atoms. The zero-order chi connectivity index (χ0) is 12.6. The van der Waals surface area contributed by atoms with Gasteiger partial charge in [0.15, 0.2) is 0 Å². The summed E-state index contributed by atoms with van der Waals surface area (Å²) >= 11 is 0. The smallest absolute Gasteiger partial charge is 0.330 e. The normalized spacial score (nSPS) is 33.8. The summed E-state index contributed by atoms with van der Waals surface area (Å²) in [6.07, 6.45) is 6.81. The maximum Gasteiger partial charge on any atom is 0.330 e. The highest BCUT2D eigenvalue weighted by atomic mass is 16.4. The highest BCUT2D eigenvalue weighted by molar-refractivity contribution is 5.85. The predicted molar refractivity (Wildman–Crippen MR) is 68.7 cm³/mol. The largest absolute Gasteiger partial charge is 0.478 e. The molecule has 0 saturated heterocycles. The van der Waals surface area contributed by atoms with E-state index in [0.717, 1.165) is 12.3 Å². The van der Waals surface area contributed by atoms with Crippen molar-refractivity contribution in [3.05, 3.63) is 22.8 Å². The Morgan fingerprint density at radius 3 is 2.71 bits per heavy atom. The molecular formula is C15H22O2. The molecule has 3 atom stereocenters. The average molecular weight is 234 g/mol. The topological polar surface area (TPSA) is 37.3 Å². The molecule has 1 saturated carbocycles. The molecule has 2 nitrogen and oxygen atoms in total. The number of rotatable bonds is 2. The molecule has 0 heterocycles.